The monoisotopic (exact) mass is 204 g/mol. The molecular weight excluding hydrogens is 184 g/mol. The molecule has 3 aliphatic carbocycles. The van der Waals surface area contributed by atoms with Crippen molar-refractivity contribution in [2.45, 2.75) is 46.0 Å². The van der Waals surface area contributed by atoms with Crippen molar-refractivity contribution in [2.24, 2.45) is 23.7 Å². The predicted molar refractivity (Wildman–Crippen MR) is 60.4 cm³/mol. The summed E-state index contributed by atoms with van der Waals surface area (Å²) in [6.07, 6.45) is 6.14. The number of hydrogen-bond donors (Lipinski definition) is 0. The quantitative estimate of drug-likeness (QED) is 0.674. The lowest BCUT2D eigenvalue weighted by Gasteiger charge is -2.25. The van der Waals surface area contributed by atoms with Crippen molar-refractivity contribution in [2.75, 3.05) is 0 Å². The summed E-state index contributed by atoms with van der Waals surface area (Å²) in [6, 6.07) is 0. The maximum Gasteiger partial charge on any atom is 0.162 e. The fourth-order valence-corrected chi connectivity index (χ4v) is 4.58. The van der Waals surface area contributed by atoms with Crippen LogP contribution in [0.5, 0.6) is 0 Å². The van der Waals surface area contributed by atoms with E-state index in [9.17, 15) is 4.79 Å². The lowest BCUT2D eigenvalue weighted by molar-refractivity contribution is -0.120. The van der Waals surface area contributed by atoms with Gasteiger partial charge >= 0.3 is 0 Å². The highest BCUT2D eigenvalue weighted by atomic mass is 16.1. The fraction of sp³-hybridized carbons (Fsp3) is 0.786. The van der Waals surface area contributed by atoms with E-state index in [1.807, 2.05) is 0 Å². The van der Waals surface area contributed by atoms with Crippen molar-refractivity contribution in [1.29, 1.82) is 0 Å². The van der Waals surface area contributed by atoms with Crippen molar-refractivity contribution >= 4 is 5.78 Å². The molecule has 1 nitrogen and oxygen atoms in total. The SMILES string of the molecule is CCC1=C(CC)[C@@H]2[C@H]3CC[C@H](C3)[C@@H]2C1=O. The van der Waals surface area contributed by atoms with Crippen LogP contribution in [0.3, 0.4) is 0 Å². The maximum absolute atomic E-state index is 12.3. The lowest BCUT2D eigenvalue weighted by atomic mass is 9.78. The summed E-state index contributed by atoms with van der Waals surface area (Å²) in [4.78, 5) is 12.3. The topological polar surface area (TPSA) is 17.1 Å². The van der Waals surface area contributed by atoms with E-state index in [-0.39, 0.29) is 0 Å². The van der Waals surface area contributed by atoms with Gasteiger partial charge in [0.1, 0.15) is 0 Å². The Morgan fingerprint density at radius 3 is 2.33 bits per heavy atom. The second-order valence-corrected chi connectivity index (χ2v) is 5.46. The molecule has 0 unspecified atom stereocenters. The van der Waals surface area contributed by atoms with Gasteiger partial charge in [0.15, 0.2) is 5.78 Å². The molecule has 2 fully saturated rings. The molecule has 0 N–H and O–H groups in total. The average Bonchev–Trinajstić information content (AvgIpc) is 2.89. The third kappa shape index (κ3) is 1.07. The van der Waals surface area contributed by atoms with Gasteiger partial charge in [-0.2, -0.15) is 0 Å². The van der Waals surface area contributed by atoms with Crippen molar-refractivity contribution < 1.29 is 4.79 Å². The van der Waals surface area contributed by atoms with Crippen LogP contribution >= 0.6 is 0 Å². The van der Waals surface area contributed by atoms with Crippen molar-refractivity contribution in [3.8, 4) is 0 Å². The molecule has 0 heterocycles. The van der Waals surface area contributed by atoms with Gasteiger partial charge in [-0.3, -0.25) is 4.79 Å². The minimum absolute atomic E-state index is 0.425. The summed E-state index contributed by atoms with van der Waals surface area (Å²) >= 11 is 0. The van der Waals surface area contributed by atoms with Crippen LogP contribution in [0.1, 0.15) is 46.0 Å². The Labute approximate surface area is 91.9 Å². The average molecular weight is 204 g/mol. The van der Waals surface area contributed by atoms with Crippen LogP contribution in [-0.4, -0.2) is 5.78 Å². The first-order valence-corrected chi connectivity index (χ1v) is 6.54. The van der Waals surface area contributed by atoms with Gasteiger partial charge < -0.3 is 0 Å². The first-order valence-electron chi connectivity index (χ1n) is 6.54. The molecule has 2 bridgehead atoms. The minimum atomic E-state index is 0.425. The van der Waals surface area contributed by atoms with Gasteiger partial charge in [0, 0.05) is 5.92 Å². The number of rotatable bonds is 2. The highest BCUT2D eigenvalue weighted by Gasteiger charge is 2.55. The first-order chi connectivity index (χ1) is 7.27. The largest absolute Gasteiger partial charge is 0.294 e. The number of carbonyl (C=O) groups excluding carboxylic acids is 1. The van der Waals surface area contributed by atoms with Crippen LogP contribution in [0, 0.1) is 23.7 Å². The van der Waals surface area contributed by atoms with E-state index in [0.717, 1.165) is 24.7 Å². The highest BCUT2D eigenvalue weighted by Crippen LogP contribution is 2.59. The zero-order chi connectivity index (χ0) is 10.6. The molecule has 0 aromatic carbocycles. The van der Waals surface area contributed by atoms with Crippen LogP contribution in [-0.2, 0) is 4.79 Å². The molecule has 0 amide bonds. The summed E-state index contributed by atoms with van der Waals surface area (Å²) in [5, 5.41) is 0. The Morgan fingerprint density at radius 1 is 1.07 bits per heavy atom. The molecule has 3 rings (SSSR count). The zero-order valence-corrected chi connectivity index (χ0v) is 9.75. The van der Waals surface area contributed by atoms with E-state index < -0.39 is 0 Å². The molecule has 0 radical (unpaired) electrons. The van der Waals surface area contributed by atoms with Crippen LogP contribution in [0.4, 0.5) is 0 Å². The van der Waals surface area contributed by atoms with Gasteiger partial charge in [-0.15, -0.1) is 0 Å². The third-order valence-corrected chi connectivity index (χ3v) is 5.04. The molecule has 1 heteroatoms. The van der Waals surface area contributed by atoms with E-state index in [2.05, 4.69) is 13.8 Å². The standard InChI is InChI=1S/C14H20O/c1-3-10-11(4-2)14(15)13-9-6-5-8(7-9)12(10)13/h8-9,12-13H,3-7H2,1-2H3/t8-,9+,12-,13-/m0/s1. The molecule has 0 spiro atoms. The van der Waals surface area contributed by atoms with Gasteiger partial charge in [-0.1, -0.05) is 19.4 Å². The van der Waals surface area contributed by atoms with Gasteiger partial charge in [-0.05, 0) is 55.4 Å². The number of hydrogen-bond acceptors (Lipinski definition) is 1. The minimum Gasteiger partial charge on any atom is -0.294 e. The predicted octanol–water partition coefficient (Wildman–Crippen LogP) is 3.35. The molecule has 0 aliphatic heterocycles. The van der Waals surface area contributed by atoms with Gasteiger partial charge in [0.2, 0.25) is 0 Å². The third-order valence-electron chi connectivity index (χ3n) is 5.04. The van der Waals surface area contributed by atoms with Crippen LogP contribution in [0.15, 0.2) is 11.1 Å². The van der Waals surface area contributed by atoms with Gasteiger partial charge in [-0.25, -0.2) is 0 Å². The summed E-state index contributed by atoms with van der Waals surface area (Å²) in [5.41, 5.74) is 2.75. The van der Waals surface area contributed by atoms with Crippen molar-refractivity contribution in [3.63, 3.8) is 0 Å². The molecule has 4 atom stereocenters. The number of Topliss-reactive ketones (excluding diaryl/α,β-unsaturated/α-hetero) is 1. The number of carbonyl (C=O) groups is 1. The lowest BCUT2D eigenvalue weighted by Crippen LogP contribution is -2.24. The first kappa shape index (κ1) is 9.62. The normalized spacial score (nSPS) is 42.9. The van der Waals surface area contributed by atoms with Crippen molar-refractivity contribution in [3.05, 3.63) is 11.1 Å². The summed E-state index contributed by atoms with van der Waals surface area (Å²) < 4.78 is 0. The molecule has 0 saturated heterocycles. The Kier molecular flexibility index (Phi) is 2.05. The molecule has 15 heavy (non-hydrogen) atoms. The molecule has 0 aromatic heterocycles. The van der Waals surface area contributed by atoms with Gasteiger partial charge in [0.05, 0.1) is 0 Å². The molecular formula is C14H20O. The Morgan fingerprint density at radius 2 is 1.73 bits per heavy atom. The smallest absolute Gasteiger partial charge is 0.162 e. The second kappa shape index (κ2) is 3.20. The molecule has 82 valence electrons. The molecule has 3 aliphatic rings. The van der Waals surface area contributed by atoms with Crippen molar-refractivity contribution in [1.82, 2.24) is 0 Å². The van der Waals surface area contributed by atoms with Crippen LogP contribution in [0.25, 0.3) is 0 Å². The van der Waals surface area contributed by atoms with E-state index in [1.54, 1.807) is 5.57 Å². The Hall–Kier alpha value is -0.590. The Balaban J connectivity index is 2.03. The second-order valence-electron chi connectivity index (χ2n) is 5.46. The number of ketones is 1. The summed E-state index contributed by atoms with van der Waals surface area (Å²) in [7, 11) is 0. The van der Waals surface area contributed by atoms with Crippen LogP contribution < -0.4 is 0 Å². The van der Waals surface area contributed by atoms with E-state index in [4.69, 9.17) is 0 Å². The van der Waals surface area contributed by atoms with E-state index >= 15 is 0 Å². The Bertz CT molecular complexity index is 339. The molecule has 0 aromatic rings. The number of allylic oxidation sites excluding steroid dienone is 2. The zero-order valence-electron chi connectivity index (χ0n) is 9.75. The van der Waals surface area contributed by atoms with E-state index in [0.29, 0.717) is 17.6 Å². The van der Waals surface area contributed by atoms with E-state index in [1.165, 1.54) is 24.8 Å². The highest BCUT2D eigenvalue weighted by molar-refractivity contribution is 6.01. The summed E-state index contributed by atoms with van der Waals surface area (Å²) in [5.74, 6) is 3.25. The van der Waals surface area contributed by atoms with Crippen LogP contribution in [0.2, 0.25) is 0 Å². The number of fused-ring (bicyclic) bond motifs is 5. The maximum atomic E-state index is 12.3. The van der Waals surface area contributed by atoms with Gasteiger partial charge in [0.25, 0.3) is 0 Å². The molecule has 2 saturated carbocycles. The summed E-state index contributed by atoms with van der Waals surface area (Å²) in [6.45, 7) is 4.37. The fourth-order valence-electron chi connectivity index (χ4n) is 4.58.